The molecule has 2 saturated heterocycles. The minimum atomic E-state index is -0.164. The van der Waals surface area contributed by atoms with Gasteiger partial charge < -0.3 is 9.64 Å². The van der Waals surface area contributed by atoms with E-state index in [0.717, 1.165) is 44.5 Å². The van der Waals surface area contributed by atoms with Crippen LogP contribution in [0, 0.1) is 0 Å². The maximum atomic E-state index is 12.6. The van der Waals surface area contributed by atoms with E-state index in [1.165, 1.54) is 5.56 Å². The zero-order valence-corrected chi connectivity index (χ0v) is 14.8. The Morgan fingerprint density at radius 3 is 3.21 bits per heavy atom. The molecule has 6 heteroatoms. The molecule has 2 fully saturated rings. The summed E-state index contributed by atoms with van der Waals surface area (Å²) in [6.07, 6.45) is 7.58. The van der Waals surface area contributed by atoms with Gasteiger partial charge in [-0.25, -0.2) is 0 Å². The highest BCUT2D eigenvalue weighted by molar-refractivity contribution is 7.07. The molecule has 0 radical (unpaired) electrons. The van der Waals surface area contributed by atoms with Gasteiger partial charge in [-0.15, -0.1) is 0 Å². The third-order valence-corrected chi connectivity index (χ3v) is 5.97. The number of ether oxygens (including phenoxy) is 1. The standard InChI is InChI=1S/C18H23N3O2S/c1-20-10-16(9-19-20)15-8-18(23-11-15)4-2-5-21(13-18)17(22)7-14-3-6-24-12-14/h3,6,9-10,12,15H,2,4-5,7-8,11,13H2,1H3/t15-,18-/m1/s1. The number of aromatic nitrogens is 2. The van der Waals surface area contributed by atoms with Crippen molar-refractivity contribution in [1.29, 1.82) is 0 Å². The van der Waals surface area contributed by atoms with E-state index in [9.17, 15) is 4.79 Å². The summed E-state index contributed by atoms with van der Waals surface area (Å²) in [6, 6.07) is 2.03. The molecule has 4 heterocycles. The second-order valence-corrected chi connectivity index (χ2v) is 7.85. The number of nitrogens with zero attached hydrogens (tertiary/aromatic N) is 3. The quantitative estimate of drug-likeness (QED) is 0.859. The second kappa shape index (κ2) is 6.33. The average molecular weight is 345 g/mol. The van der Waals surface area contributed by atoms with Gasteiger partial charge in [0, 0.05) is 32.3 Å². The summed E-state index contributed by atoms with van der Waals surface area (Å²) in [7, 11) is 1.94. The van der Waals surface area contributed by atoms with Gasteiger partial charge in [0.2, 0.25) is 5.91 Å². The molecule has 1 spiro atoms. The first-order valence-corrected chi connectivity index (χ1v) is 9.49. The number of carbonyl (C=O) groups excluding carboxylic acids is 1. The van der Waals surface area contributed by atoms with E-state index in [0.29, 0.717) is 12.3 Å². The number of hydrogen-bond donors (Lipinski definition) is 0. The highest BCUT2D eigenvalue weighted by atomic mass is 32.1. The summed E-state index contributed by atoms with van der Waals surface area (Å²) in [4.78, 5) is 14.6. The molecule has 128 valence electrons. The number of amides is 1. The fraction of sp³-hybridized carbons (Fsp3) is 0.556. The van der Waals surface area contributed by atoms with Crippen LogP contribution in [0.3, 0.4) is 0 Å². The van der Waals surface area contributed by atoms with Crippen LogP contribution >= 0.6 is 11.3 Å². The zero-order chi connectivity index (χ0) is 16.6. The zero-order valence-electron chi connectivity index (χ0n) is 14.0. The molecule has 2 aromatic rings. The molecule has 24 heavy (non-hydrogen) atoms. The molecule has 0 saturated carbocycles. The van der Waals surface area contributed by atoms with E-state index < -0.39 is 0 Å². The van der Waals surface area contributed by atoms with E-state index in [4.69, 9.17) is 4.74 Å². The molecule has 5 nitrogen and oxygen atoms in total. The maximum absolute atomic E-state index is 12.6. The topological polar surface area (TPSA) is 47.4 Å². The SMILES string of the molecule is Cn1cc([C@H]2CO[C@]3(CCCN(C(=O)Cc4ccsc4)C3)C2)cn1. The van der Waals surface area contributed by atoms with E-state index >= 15 is 0 Å². The minimum Gasteiger partial charge on any atom is -0.372 e. The molecule has 4 rings (SSSR count). The normalized spacial score (nSPS) is 27.0. The summed E-state index contributed by atoms with van der Waals surface area (Å²) >= 11 is 1.64. The monoisotopic (exact) mass is 345 g/mol. The molecule has 2 aromatic heterocycles. The molecule has 2 aliphatic heterocycles. The fourth-order valence-electron chi connectivity index (χ4n) is 3.98. The number of carbonyl (C=O) groups is 1. The summed E-state index contributed by atoms with van der Waals surface area (Å²) in [5, 5.41) is 8.36. The van der Waals surface area contributed by atoms with Crippen molar-refractivity contribution in [3.05, 3.63) is 40.3 Å². The molecule has 0 bridgehead atoms. The van der Waals surface area contributed by atoms with Crippen molar-refractivity contribution < 1.29 is 9.53 Å². The fourth-order valence-corrected chi connectivity index (χ4v) is 4.65. The van der Waals surface area contributed by atoms with Crippen molar-refractivity contribution in [2.75, 3.05) is 19.7 Å². The minimum absolute atomic E-state index is 0.164. The van der Waals surface area contributed by atoms with E-state index in [-0.39, 0.29) is 11.5 Å². The van der Waals surface area contributed by atoms with Crippen LogP contribution < -0.4 is 0 Å². The van der Waals surface area contributed by atoms with Gasteiger partial charge in [0.25, 0.3) is 0 Å². The first-order valence-electron chi connectivity index (χ1n) is 8.55. The highest BCUT2D eigenvalue weighted by Crippen LogP contribution is 2.41. The first-order chi connectivity index (χ1) is 11.6. The molecule has 0 aliphatic carbocycles. The van der Waals surface area contributed by atoms with Gasteiger partial charge in [0.1, 0.15) is 0 Å². The van der Waals surface area contributed by atoms with Gasteiger partial charge in [-0.1, -0.05) is 0 Å². The van der Waals surface area contributed by atoms with Crippen LogP contribution in [0.2, 0.25) is 0 Å². The van der Waals surface area contributed by atoms with E-state index in [2.05, 4.69) is 16.7 Å². The second-order valence-electron chi connectivity index (χ2n) is 7.07. The van der Waals surface area contributed by atoms with Crippen molar-refractivity contribution in [3.8, 4) is 0 Å². The molecule has 0 aromatic carbocycles. The first kappa shape index (κ1) is 15.8. The van der Waals surface area contributed by atoms with Crippen LogP contribution in [0.4, 0.5) is 0 Å². The van der Waals surface area contributed by atoms with Crippen molar-refractivity contribution >= 4 is 17.2 Å². The number of rotatable bonds is 3. The van der Waals surface area contributed by atoms with Gasteiger partial charge in [0.05, 0.1) is 24.8 Å². The van der Waals surface area contributed by atoms with Crippen molar-refractivity contribution in [2.24, 2.45) is 7.05 Å². The van der Waals surface area contributed by atoms with Gasteiger partial charge in [-0.3, -0.25) is 9.48 Å². The van der Waals surface area contributed by atoms with Crippen LogP contribution in [0.15, 0.2) is 29.2 Å². The Morgan fingerprint density at radius 1 is 1.54 bits per heavy atom. The number of hydrogen-bond acceptors (Lipinski definition) is 4. The van der Waals surface area contributed by atoms with Gasteiger partial charge in [-0.05, 0) is 47.2 Å². The van der Waals surface area contributed by atoms with Gasteiger partial charge in [-0.2, -0.15) is 16.4 Å². The van der Waals surface area contributed by atoms with Crippen LogP contribution in [-0.4, -0.2) is 45.9 Å². The number of thiophene rings is 1. The van der Waals surface area contributed by atoms with Crippen LogP contribution in [0.25, 0.3) is 0 Å². The summed E-state index contributed by atoms with van der Waals surface area (Å²) in [5.74, 6) is 0.617. The summed E-state index contributed by atoms with van der Waals surface area (Å²) in [6.45, 7) is 2.32. The van der Waals surface area contributed by atoms with Crippen molar-refractivity contribution in [2.45, 2.75) is 37.2 Å². The van der Waals surface area contributed by atoms with Crippen LogP contribution in [0.1, 0.15) is 36.3 Å². The number of aryl methyl sites for hydroxylation is 1. The van der Waals surface area contributed by atoms with Crippen LogP contribution in [0.5, 0.6) is 0 Å². The average Bonchev–Trinajstić information content (AvgIpc) is 3.30. The Labute approximate surface area is 146 Å². The molecular weight excluding hydrogens is 322 g/mol. The van der Waals surface area contributed by atoms with Gasteiger partial charge in [0.15, 0.2) is 0 Å². The molecule has 1 amide bonds. The third kappa shape index (κ3) is 3.13. The molecular formula is C18H23N3O2S. The molecule has 0 N–H and O–H groups in total. The Hall–Kier alpha value is -1.66. The van der Waals surface area contributed by atoms with Crippen LogP contribution in [-0.2, 0) is 23.0 Å². The Kier molecular flexibility index (Phi) is 4.18. The lowest BCUT2D eigenvalue weighted by Gasteiger charge is -2.39. The smallest absolute Gasteiger partial charge is 0.227 e. The van der Waals surface area contributed by atoms with Crippen molar-refractivity contribution in [3.63, 3.8) is 0 Å². The van der Waals surface area contributed by atoms with Gasteiger partial charge >= 0.3 is 0 Å². The van der Waals surface area contributed by atoms with Crippen molar-refractivity contribution in [1.82, 2.24) is 14.7 Å². The Balaban J connectivity index is 1.42. The largest absolute Gasteiger partial charge is 0.372 e. The Bertz CT molecular complexity index is 712. The predicted octanol–water partition coefficient (Wildman–Crippen LogP) is 2.59. The molecule has 2 aliphatic rings. The lowest BCUT2D eigenvalue weighted by atomic mass is 9.85. The molecule has 0 unspecified atom stereocenters. The lowest BCUT2D eigenvalue weighted by molar-refractivity contribution is -0.138. The predicted molar refractivity (Wildman–Crippen MR) is 93.1 cm³/mol. The number of piperidine rings is 1. The summed E-state index contributed by atoms with van der Waals surface area (Å²) in [5.41, 5.74) is 2.20. The molecule has 2 atom stereocenters. The third-order valence-electron chi connectivity index (χ3n) is 5.23. The number of likely N-dealkylation sites (tertiary alicyclic amines) is 1. The van der Waals surface area contributed by atoms with E-state index in [1.807, 2.05) is 34.3 Å². The van der Waals surface area contributed by atoms with E-state index in [1.54, 1.807) is 11.3 Å². The summed E-state index contributed by atoms with van der Waals surface area (Å²) < 4.78 is 8.09. The maximum Gasteiger partial charge on any atom is 0.227 e. The Morgan fingerprint density at radius 2 is 2.46 bits per heavy atom. The highest BCUT2D eigenvalue weighted by Gasteiger charge is 2.45. The lowest BCUT2D eigenvalue weighted by Crippen LogP contribution is -2.50.